The van der Waals surface area contributed by atoms with Gasteiger partial charge in [0.1, 0.15) is 0 Å². The molecule has 0 amide bonds. The molecule has 1 aromatic heterocycles. The molecule has 17 heavy (non-hydrogen) atoms. The van der Waals surface area contributed by atoms with Gasteiger partial charge in [-0.2, -0.15) is 5.10 Å². The monoisotopic (exact) mass is 258 g/mol. The molecule has 1 aromatic rings. The zero-order valence-corrected chi connectivity index (χ0v) is 10.9. The third kappa shape index (κ3) is 2.67. The first-order valence-corrected chi connectivity index (χ1v) is 7.20. The molecule has 2 heterocycles. The summed E-state index contributed by atoms with van der Waals surface area (Å²) in [5.74, 6) is 0.359. The molecule has 2 rings (SSSR count). The number of aromatic nitrogens is 2. The second-order valence-corrected chi connectivity index (χ2v) is 6.12. The van der Waals surface area contributed by atoms with Crippen LogP contribution in [0.3, 0.4) is 0 Å². The standard InChI is InChI=1S/C10H18N4O2S/c1-8(9-3-5-11-7-9)13-17(15,16)10-4-6-12-14(10)2/h4,6,8-9,11,13H,3,5,7H2,1-2H3. The van der Waals surface area contributed by atoms with E-state index >= 15 is 0 Å². The summed E-state index contributed by atoms with van der Waals surface area (Å²) in [4.78, 5) is 0. The Balaban J connectivity index is 2.09. The molecule has 2 unspecified atom stereocenters. The van der Waals surface area contributed by atoms with E-state index in [4.69, 9.17) is 0 Å². The first kappa shape index (κ1) is 12.5. The molecule has 0 radical (unpaired) electrons. The van der Waals surface area contributed by atoms with Gasteiger partial charge in [0, 0.05) is 13.1 Å². The van der Waals surface area contributed by atoms with E-state index < -0.39 is 10.0 Å². The normalized spacial score (nSPS) is 22.8. The van der Waals surface area contributed by atoms with Crippen LogP contribution in [0.4, 0.5) is 0 Å². The van der Waals surface area contributed by atoms with Crippen LogP contribution in [0.15, 0.2) is 17.3 Å². The van der Waals surface area contributed by atoms with Gasteiger partial charge < -0.3 is 5.32 Å². The molecule has 0 saturated carbocycles. The summed E-state index contributed by atoms with van der Waals surface area (Å²) in [5.41, 5.74) is 0. The quantitative estimate of drug-likeness (QED) is 0.777. The zero-order chi connectivity index (χ0) is 12.5. The summed E-state index contributed by atoms with van der Waals surface area (Å²) in [6, 6.07) is 1.44. The second-order valence-electron chi connectivity index (χ2n) is 4.46. The molecule has 1 aliphatic heterocycles. The molecular weight excluding hydrogens is 240 g/mol. The third-order valence-corrected chi connectivity index (χ3v) is 4.83. The van der Waals surface area contributed by atoms with E-state index in [0.29, 0.717) is 5.92 Å². The van der Waals surface area contributed by atoms with Gasteiger partial charge in [-0.3, -0.25) is 4.68 Å². The molecule has 1 aliphatic rings. The lowest BCUT2D eigenvalue weighted by molar-refractivity contribution is 0.442. The summed E-state index contributed by atoms with van der Waals surface area (Å²) >= 11 is 0. The number of nitrogens with zero attached hydrogens (tertiary/aromatic N) is 2. The van der Waals surface area contributed by atoms with Gasteiger partial charge in [0.2, 0.25) is 0 Å². The summed E-state index contributed by atoms with van der Waals surface area (Å²) in [6.45, 7) is 3.74. The lowest BCUT2D eigenvalue weighted by Crippen LogP contribution is -2.39. The molecule has 96 valence electrons. The average molecular weight is 258 g/mol. The Morgan fingerprint density at radius 1 is 1.65 bits per heavy atom. The van der Waals surface area contributed by atoms with Crippen molar-refractivity contribution in [2.24, 2.45) is 13.0 Å². The van der Waals surface area contributed by atoms with Gasteiger partial charge in [0.15, 0.2) is 5.03 Å². The Kier molecular flexibility index (Phi) is 3.50. The van der Waals surface area contributed by atoms with Crippen LogP contribution in [-0.2, 0) is 17.1 Å². The van der Waals surface area contributed by atoms with Crippen LogP contribution in [0.25, 0.3) is 0 Å². The average Bonchev–Trinajstić information content (AvgIpc) is 2.85. The lowest BCUT2D eigenvalue weighted by Gasteiger charge is -2.19. The largest absolute Gasteiger partial charge is 0.316 e. The van der Waals surface area contributed by atoms with Crippen LogP contribution >= 0.6 is 0 Å². The van der Waals surface area contributed by atoms with Gasteiger partial charge in [-0.1, -0.05) is 0 Å². The molecule has 7 heteroatoms. The summed E-state index contributed by atoms with van der Waals surface area (Å²) in [5, 5.41) is 7.31. The van der Waals surface area contributed by atoms with Crippen molar-refractivity contribution in [3.05, 3.63) is 12.3 Å². The van der Waals surface area contributed by atoms with E-state index in [2.05, 4.69) is 15.1 Å². The van der Waals surface area contributed by atoms with Crippen molar-refractivity contribution in [3.8, 4) is 0 Å². The van der Waals surface area contributed by atoms with Gasteiger partial charge >= 0.3 is 0 Å². The SMILES string of the molecule is CC(NS(=O)(=O)c1ccnn1C)C1CCNC1. The predicted octanol–water partition coefficient (Wildman–Crippen LogP) is -0.304. The van der Waals surface area contributed by atoms with Crippen LogP contribution < -0.4 is 10.0 Å². The van der Waals surface area contributed by atoms with Crippen LogP contribution in [0.2, 0.25) is 0 Å². The fourth-order valence-corrected chi connectivity index (χ4v) is 3.57. The number of hydrogen-bond donors (Lipinski definition) is 2. The highest BCUT2D eigenvalue weighted by atomic mass is 32.2. The van der Waals surface area contributed by atoms with E-state index in [9.17, 15) is 8.42 Å². The van der Waals surface area contributed by atoms with Crippen LogP contribution in [-0.4, -0.2) is 37.3 Å². The van der Waals surface area contributed by atoms with E-state index in [1.807, 2.05) is 6.92 Å². The van der Waals surface area contributed by atoms with E-state index in [1.165, 1.54) is 16.9 Å². The van der Waals surface area contributed by atoms with E-state index in [0.717, 1.165) is 19.5 Å². The predicted molar refractivity (Wildman–Crippen MR) is 64.0 cm³/mol. The maximum Gasteiger partial charge on any atom is 0.257 e. The van der Waals surface area contributed by atoms with Crippen molar-refractivity contribution in [2.45, 2.75) is 24.4 Å². The highest BCUT2D eigenvalue weighted by Gasteiger charge is 2.27. The number of hydrogen-bond acceptors (Lipinski definition) is 4. The fraction of sp³-hybridized carbons (Fsp3) is 0.700. The highest BCUT2D eigenvalue weighted by molar-refractivity contribution is 7.89. The number of aryl methyl sites for hydroxylation is 1. The summed E-state index contributed by atoms with van der Waals surface area (Å²) in [6.07, 6.45) is 2.49. The molecule has 1 saturated heterocycles. The minimum atomic E-state index is -3.46. The first-order chi connectivity index (χ1) is 8.00. The molecule has 1 fully saturated rings. The van der Waals surface area contributed by atoms with Crippen molar-refractivity contribution < 1.29 is 8.42 Å². The van der Waals surface area contributed by atoms with Crippen molar-refractivity contribution in [3.63, 3.8) is 0 Å². The molecule has 6 nitrogen and oxygen atoms in total. The number of nitrogens with one attached hydrogen (secondary N) is 2. The third-order valence-electron chi connectivity index (χ3n) is 3.20. The van der Waals surface area contributed by atoms with Gasteiger partial charge in [0.25, 0.3) is 10.0 Å². The van der Waals surface area contributed by atoms with E-state index in [-0.39, 0.29) is 11.1 Å². The smallest absolute Gasteiger partial charge is 0.257 e. The molecule has 2 atom stereocenters. The van der Waals surface area contributed by atoms with Crippen molar-refractivity contribution in [1.29, 1.82) is 0 Å². The van der Waals surface area contributed by atoms with Crippen molar-refractivity contribution in [1.82, 2.24) is 19.8 Å². The molecular formula is C10H18N4O2S. The minimum absolute atomic E-state index is 0.0649. The molecule has 2 N–H and O–H groups in total. The van der Waals surface area contributed by atoms with Crippen LogP contribution in [0.5, 0.6) is 0 Å². The maximum atomic E-state index is 12.1. The van der Waals surface area contributed by atoms with Gasteiger partial charge in [-0.15, -0.1) is 0 Å². The number of rotatable bonds is 4. The Bertz CT molecular complexity index is 476. The van der Waals surface area contributed by atoms with Crippen molar-refractivity contribution >= 4 is 10.0 Å². The lowest BCUT2D eigenvalue weighted by atomic mass is 10.0. The molecule has 0 spiro atoms. The van der Waals surface area contributed by atoms with Crippen molar-refractivity contribution in [2.75, 3.05) is 13.1 Å². The van der Waals surface area contributed by atoms with Gasteiger partial charge in [-0.05, 0) is 38.4 Å². The van der Waals surface area contributed by atoms with Crippen LogP contribution in [0, 0.1) is 5.92 Å². The van der Waals surface area contributed by atoms with E-state index in [1.54, 1.807) is 7.05 Å². The fourth-order valence-electron chi connectivity index (χ4n) is 2.13. The zero-order valence-electron chi connectivity index (χ0n) is 10.0. The second kappa shape index (κ2) is 4.75. The Hall–Kier alpha value is -0.920. The first-order valence-electron chi connectivity index (χ1n) is 5.72. The molecule has 0 aliphatic carbocycles. The maximum absolute atomic E-state index is 12.1. The molecule has 0 bridgehead atoms. The highest BCUT2D eigenvalue weighted by Crippen LogP contribution is 2.15. The molecule has 0 aromatic carbocycles. The van der Waals surface area contributed by atoms with Crippen LogP contribution in [0.1, 0.15) is 13.3 Å². The Morgan fingerprint density at radius 2 is 2.41 bits per heavy atom. The Labute approximate surface area is 101 Å². The van der Waals surface area contributed by atoms with Gasteiger partial charge in [0.05, 0.1) is 6.20 Å². The Morgan fingerprint density at radius 3 is 2.94 bits per heavy atom. The van der Waals surface area contributed by atoms with Gasteiger partial charge in [-0.25, -0.2) is 13.1 Å². The summed E-state index contributed by atoms with van der Waals surface area (Å²) < 4.78 is 28.3. The topological polar surface area (TPSA) is 76.0 Å². The summed E-state index contributed by atoms with van der Waals surface area (Å²) in [7, 11) is -1.84. The number of sulfonamides is 1. The minimum Gasteiger partial charge on any atom is -0.316 e.